The molecule has 1 amide bonds. The Labute approximate surface area is 124 Å². The highest BCUT2D eigenvalue weighted by Crippen LogP contribution is 2.51. The third-order valence-corrected chi connectivity index (χ3v) is 3.52. The maximum Gasteiger partial charge on any atom is 0.573 e. The zero-order valence-corrected chi connectivity index (χ0v) is 11.4. The minimum Gasteiger partial charge on any atom is -0.405 e. The number of carbonyl (C=O) groups excluding carboxylic acids is 1. The van der Waals surface area contributed by atoms with Gasteiger partial charge in [0.1, 0.15) is 5.75 Å². The number of rotatable bonds is 4. The van der Waals surface area contributed by atoms with Gasteiger partial charge in [0.15, 0.2) is 0 Å². The first-order chi connectivity index (χ1) is 10.4. The first-order valence-corrected chi connectivity index (χ1v) is 6.72. The maximum atomic E-state index is 12.4. The van der Waals surface area contributed by atoms with Gasteiger partial charge in [-0.05, 0) is 36.1 Å². The van der Waals surface area contributed by atoms with Crippen LogP contribution in [-0.4, -0.2) is 16.9 Å². The molecule has 1 aliphatic carbocycles. The number of nitrogens with zero attached hydrogens (tertiary/aromatic N) is 1. The smallest absolute Gasteiger partial charge is 0.405 e. The number of alkyl halides is 3. The molecule has 1 fully saturated rings. The van der Waals surface area contributed by atoms with E-state index in [0.29, 0.717) is 12.0 Å². The molecule has 2 aromatic rings. The molecule has 2 atom stereocenters. The van der Waals surface area contributed by atoms with Gasteiger partial charge < -0.3 is 4.74 Å². The lowest BCUT2D eigenvalue weighted by Gasteiger charge is -2.13. The standard InChI is InChI=1S/C15H13F3N2O2/c16-15(17,18)22-13-6-2-1-5-10(13)11-9-12(11)14(21)19-20-7-3-4-8-20/h1-8,11-12H,9H2,(H,19,21)/t11-,12-/m0/s1. The molecule has 7 heteroatoms. The minimum absolute atomic E-state index is 0.219. The molecule has 1 aliphatic rings. The van der Waals surface area contributed by atoms with Crippen molar-refractivity contribution in [2.75, 3.05) is 5.43 Å². The second-order valence-electron chi connectivity index (χ2n) is 5.10. The number of para-hydroxylation sites is 1. The zero-order chi connectivity index (χ0) is 15.7. The molecule has 0 unspecified atom stereocenters. The summed E-state index contributed by atoms with van der Waals surface area (Å²) in [6.45, 7) is 0. The number of amides is 1. The van der Waals surface area contributed by atoms with E-state index < -0.39 is 6.36 Å². The van der Waals surface area contributed by atoms with Gasteiger partial charge >= 0.3 is 6.36 Å². The van der Waals surface area contributed by atoms with E-state index in [0.717, 1.165) is 0 Å². The summed E-state index contributed by atoms with van der Waals surface area (Å²) >= 11 is 0. The lowest BCUT2D eigenvalue weighted by molar-refractivity contribution is -0.274. The number of ether oxygens (including phenoxy) is 1. The summed E-state index contributed by atoms with van der Waals surface area (Å²) < 4.78 is 42.8. The van der Waals surface area contributed by atoms with E-state index in [9.17, 15) is 18.0 Å². The van der Waals surface area contributed by atoms with Crippen LogP contribution in [0, 0.1) is 5.92 Å². The van der Waals surface area contributed by atoms with Crippen LogP contribution >= 0.6 is 0 Å². The third-order valence-electron chi connectivity index (χ3n) is 3.52. The summed E-state index contributed by atoms with van der Waals surface area (Å²) in [7, 11) is 0. The van der Waals surface area contributed by atoms with Crippen molar-refractivity contribution in [2.45, 2.75) is 18.7 Å². The Morgan fingerprint density at radius 2 is 1.86 bits per heavy atom. The average molecular weight is 310 g/mol. The number of nitrogens with one attached hydrogen (secondary N) is 1. The van der Waals surface area contributed by atoms with E-state index in [4.69, 9.17) is 0 Å². The highest BCUT2D eigenvalue weighted by atomic mass is 19.4. The van der Waals surface area contributed by atoms with Gasteiger partial charge in [0.2, 0.25) is 5.91 Å². The fraction of sp³-hybridized carbons (Fsp3) is 0.267. The van der Waals surface area contributed by atoms with Gasteiger partial charge in [0, 0.05) is 18.3 Å². The Morgan fingerprint density at radius 1 is 1.18 bits per heavy atom. The fourth-order valence-electron chi connectivity index (χ4n) is 2.45. The molecule has 0 bridgehead atoms. The minimum atomic E-state index is -4.74. The van der Waals surface area contributed by atoms with E-state index >= 15 is 0 Å². The number of hydrogen-bond donors (Lipinski definition) is 1. The van der Waals surface area contributed by atoms with Crippen LogP contribution in [0.5, 0.6) is 5.75 Å². The Kier molecular flexibility index (Phi) is 3.56. The van der Waals surface area contributed by atoms with Crippen LogP contribution in [0.3, 0.4) is 0 Å². The van der Waals surface area contributed by atoms with Gasteiger partial charge in [-0.1, -0.05) is 18.2 Å². The quantitative estimate of drug-likeness (QED) is 0.942. The summed E-state index contributed by atoms with van der Waals surface area (Å²) in [6.07, 6.45) is -0.884. The van der Waals surface area contributed by atoms with Crippen molar-refractivity contribution in [3.63, 3.8) is 0 Å². The molecule has 3 rings (SSSR count). The number of aromatic nitrogens is 1. The molecule has 22 heavy (non-hydrogen) atoms. The van der Waals surface area contributed by atoms with Crippen molar-refractivity contribution < 1.29 is 22.7 Å². The fourth-order valence-corrected chi connectivity index (χ4v) is 2.45. The molecule has 0 radical (unpaired) electrons. The van der Waals surface area contributed by atoms with Crippen molar-refractivity contribution >= 4 is 5.91 Å². The topological polar surface area (TPSA) is 43.3 Å². The van der Waals surface area contributed by atoms with Crippen LogP contribution in [0.4, 0.5) is 13.2 Å². The van der Waals surface area contributed by atoms with Crippen molar-refractivity contribution in [2.24, 2.45) is 5.92 Å². The van der Waals surface area contributed by atoms with Crippen LogP contribution in [0.25, 0.3) is 0 Å². The monoisotopic (exact) mass is 310 g/mol. The average Bonchev–Trinajstić information content (AvgIpc) is 3.08. The molecular formula is C15H13F3N2O2. The second-order valence-corrected chi connectivity index (χ2v) is 5.10. The summed E-state index contributed by atoms with van der Waals surface area (Å²) in [6, 6.07) is 9.46. The second kappa shape index (κ2) is 5.40. The number of benzene rings is 1. The van der Waals surface area contributed by atoms with Gasteiger partial charge in [-0.25, -0.2) is 0 Å². The molecule has 1 heterocycles. The molecule has 1 saturated carbocycles. The summed E-state index contributed by atoms with van der Waals surface area (Å²) in [5, 5.41) is 0. The Hall–Kier alpha value is -2.44. The Bertz CT molecular complexity index is 668. The van der Waals surface area contributed by atoms with Crippen molar-refractivity contribution in [1.29, 1.82) is 0 Å². The van der Waals surface area contributed by atoms with Crippen molar-refractivity contribution in [3.8, 4) is 5.75 Å². The van der Waals surface area contributed by atoms with Gasteiger partial charge in [0.25, 0.3) is 0 Å². The zero-order valence-electron chi connectivity index (χ0n) is 11.4. The van der Waals surface area contributed by atoms with Crippen LogP contribution in [0.1, 0.15) is 17.9 Å². The molecule has 4 nitrogen and oxygen atoms in total. The SMILES string of the molecule is O=C(Nn1cccc1)[C@H]1C[C@H]1c1ccccc1OC(F)(F)F. The van der Waals surface area contributed by atoms with Crippen molar-refractivity contribution in [3.05, 3.63) is 54.4 Å². The predicted molar refractivity (Wildman–Crippen MR) is 72.8 cm³/mol. The lowest BCUT2D eigenvalue weighted by Crippen LogP contribution is -2.23. The van der Waals surface area contributed by atoms with Crippen LogP contribution < -0.4 is 10.2 Å². The van der Waals surface area contributed by atoms with E-state index in [-0.39, 0.29) is 23.5 Å². The molecule has 1 aromatic heterocycles. The van der Waals surface area contributed by atoms with Crippen LogP contribution in [-0.2, 0) is 4.79 Å². The number of halogens is 3. The Balaban J connectivity index is 1.70. The van der Waals surface area contributed by atoms with E-state index in [1.54, 1.807) is 36.7 Å². The molecule has 1 N–H and O–H groups in total. The van der Waals surface area contributed by atoms with Gasteiger partial charge in [-0.15, -0.1) is 13.2 Å². The molecule has 0 spiro atoms. The summed E-state index contributed by atoms with van der Waals surface area (Å²) in [5.74, 6) is -1.06. The number of hydrogen-bond acceptors (Lipinski definition) is 2. The van der Waals surface area contributed by atoms with E-state index in [1.165, 1.54) is 16.8 Å². The predicted octanol–water partition coefficient (Wildman–Crippen LogP) is 3.26. The number of carbonyl (C=O) groups is 1. The van der Waals surface area contributed by atoms with Gasteiger partial charge in [-0.2, -0.15) is 0 Å². The first kappa shape index (κ1) is 14.5. The lowest BCUT2D eigenvalue weighted by atomic mass is 10.1. The highest BCUT2D eigenvalue weighted by Gasteiger charge is 2.46. The van der Waals surface area contributed by atoms with Gasteiger partial charge in [0.05, 0.1) is 0 Å². The molecule has 0 aliphatic heterocycles. The molecular weight excluding hydrogens is 297 g/mol. The van der Waals surface area contributed by atoms with Crippen LogP contribution in [0.15, 0.2) is 48.8 Å². The van der Waals surface area contributed by atoms with E-state index in [2.05, 4.69) is 10.2 Å². The molecule has 116 valence electrons. The van der Waals surface area contributed by atoms with E-state index in [1.807, 2.05) is 0 Å². The summed E-state index contributed by atoms with van der Waals surface area (Å²) in [4.78, 5) is 12.1. The molecule has 1 aromatic carbocycles. The molecule has 0 saturated heterocycles. The first-order valence-electron chi connectivity index (χ1n) is 6.72. The highest BCUT2D eigenvalue weighted by molar-refractivity contribution is 5.89. The van der Waals surface area contributed by atoms with Gasteiger partial charge in [-0.3, -0.25) is 14.9 Å². The Morgan fingerprint density at radius 3 is 2.55 bits per heavy atom. The normalized spacial score (nSPS) is 20.5. The summed E-state index contributed by atoms with van der Waals surface area (Å²) in [5.41, 5.74) is 3.08. The maximum absolute atomic E-state index is 12.4. The van der Waals surface area contributed by atoms with Crippen LogP contribution in [0.2, 0.25) is 0 Å². The largest absolute Gasteiger partial charge is 0.573 e. The van der Waals surface area contributed by atoms with Crippen molar-refractivity contribution in [1.82, 2.24) is 4.68 Å². The third kappa shape index (κ3) is 3.24.